The molecule has 3 aromatic rings. The lowest BCUT2D eigenvalue weighted by Crippen LogP contribution is -1.99. The van der Waals surface area contributed by atoms with Crippen LogP contribution >= 0.6 is 12.2 Å². The number of hydrogen-bond donors (Lipinski definition) is 1. The molecule has 16 heavy (non-hydrogen) atoms. The largest absolute Gasteiger partial charge is 0.472 e. The molecule has 0 aliphatic rings. The van der Waals surface area contributed by atoms with Gasteiger partial charge in [-0.25, -0.2) is 4.98 Å². The summed E-state index contributed by atoms with van der Waals surface area (Å²) in [6, 6.07) is 5.77. The van der Waals surface area contributed by atoms with Gasteiger partial charge in [0.2, 0.25) is 0 Å². The highest BCUT2D eigenvalue weighted by Crippen LogP contribution is 2.13. The zero-order valence-corrected chi connectivity index (χ0v) is 9.20. The zero-order valence-electron chi connectivity index (χ0n) is 8.38. The number of hydrogen-bond acceptors (Lipinski definition) is 3. The van der Waals surface area contributed by atoms with Crippen molar-refractivity contribution in [3.63, 3.8) is 0 Å². The van der Waals surface area contributed by atoms with Crippen molar-refractivity contribution in [3.05, 3.63) is 47.3 Å². The van der Waals surface area contributed by atoms with E-state index in [0.29, 0.717) is 11.3 Å². The van der Waals surface area contributed by atoms with Gasteiger partial charge in [0.05, 0.1) is 24.6 Å². The SMILES string of the molecule is S=c1[nH]c2cccnc2n1Cc1ccoc1. The summed E-state index contributed by atoms with van der Waals surface area (Å²) in [6.45, 7) is 0.673. The van der Waals surface area contributed by atoms with Crippen LogP contribution in [0.5, 0.6) is 0 Å². The van der Waals surface area contributed by atoms with Crippen molar-refractivity contribution in [2.45, 2.75) is 6.54 Å². The molecule has 0 unspecified atom stereocenters. The summed E-state index contributed by atoms with van der Waals surface area (Å²) < 4.78 is 7.67. The number of nitrogens with zero attached hydrogens (tertiary/aromatic N) is 2. The number of furan rings is 1. The van der Waals surface area contributed by atoms with Gasteiger partial charge in [0.1, 0.15) is 0 Å². The molecular formula is C11H9N3OS. The third-order valence-electron chi connectivity index (χ3n) is 2.45. The molecule has 5 heteroatoms. The predicted molar refractivity (Wildman–Crippen MR) is 62.7 cm³/mol. The Hall–Kier alpha value is -1.88. The minimum Gasteiger partial charge on any atom is -0.472 e. The van der Waals surface area contributed by atoms with Crippen LogP contribution in [0.3, 0.4) is 0 Å². The minimum absolute atomic E-state index is 0.673. The molecule has 0 fully saturated rings. The first-order valence-electron chi connectivity index (χ1n) is 4.89. The monoisotopic (exact) mass is 231 g/mol. The molecule has 0 spiro atoms. The van der Waals surface area contributed by atoms with E-state index in [1.54, 1.807) is 18.7 Å². The second-order valence-electron chi connectivity index (χ2n) is 3.52. The minimum atomic E-state index is 0.673. The predicted octanol–water partition coefficient (Wildman–Crippen LogP) is 2.74. The van der Waals surface area contributed by atoms with Gasteiger partial charge in [-0.15, -0.1) is 0 Å². The molecular weight excluding hydrogens is 222 g/mol. The first-order valence-corrected chi connectivity index (χ1v) is 5.30. The zero-order chi connectivity index (χ0) is 11.0. The quantitative estimate of drug-likeness (QED) is 0.690. The van der Waals surface area contributed by atoms with E-state index in [2.05, 4.69) is 9.97 Å². The van der Waals surface area contributed by atoms with E-state index < -0.39 is 0 Å². The molecule has 0 aliphatic carbocycles. The number of imidazole rings is 1. The maximum Gasteiger partial charge on any atom is 0.179 e. The summed E-state index contributed by atoms with van der Waals surface area (Å²) >= 11 is 5.26. The fourth-order valence-electron chi connectivity index (χ4n) is 1.70. The molecule has 0 saturated carbocycles. The van der Waals surface area contributed by atoms with Crippen molar-refractivity contribution < 1.29 is 4.42 Å². The van der Waals surface area contributed by atoms with E-state index >= 15 is 0 Å². The molecule has 4 nitrogen and oxygen atoms in total. The van der Waals surface area contributed by atoms with E-state index in [0.717, 1.165) is 16.7 Å². The van der Waals surface area contributed by atoms with Crippen molar-refractivity contribution in [1.29, 1.82) is 0 Å². The van der Waals surface area contributed by atoms with E-state index in [1.807, 2.05) is 22.8 Å². The Balaban J connectivity index is 2.16. The van der Waals surface area contributed by atoms with Crippen LogP contribution in [0.25, 0.3) is 11.2 Å². The van der Waals surface area contributed by atoms with Gasteiger partial charge >= 0.3 is 0 Å². The van der Waals surface area contributed by atoms with E-state index in [-0.39, 0.29) is 0 Å². The van der Waals surface area contributed by atoms with Crippen molar-refractivity contribution in [2.24, 2.45) is 0 Å². The molecule has 3 heterocycles. The van der Waals surface area contributed by atoms with Gasteiger partial charge in [-0.05, 0) is 30.4 Å². The molecule has 0 saturated heterocycles. The number of fused-ring (bicyclic) bond motifs is 1. The van der Waals surface area contributed by atoms with Gasteiger partial charge < -0.3 is 9.40 Å². The lowest BCUT2D eigenvalue weighted by atomic mass is 10.3. The smallest absolute Gasteiger partial charge is 0.179 e. The van der Waals surface area contributed by atoms with Crippen molar-refractivity contribution >= 4 is 23.4 Å². The van der Waals surface area contributed by atoms with Gasteiger partial charge in [-0.2, -0.15) is 0 Å². The first kappa shape index (κ1) is 9.35. The Labute approximate surface area is 96.5 Å². The van der Waals surface area contributed by atoms with Gasteiger partial charge in [-0.1, -0.05) is 0 Å². The summed E-state index contributed by atoms with van der Waals surface area (Å²) in [5, 5.41) is 0. The van der Waals surface area contributed by atoms with E-state index in [9.17, 15) is 0 Å². The summed E-state index contributed by atoms with van der Waals surface area (Å²) in [7, 11) is 0. The Kier molecular flexibility index (Phi) is 2.11. The summed E-state index contributed by atoms with van der Waals surface area (Å²) in [6.07, 6.45) is 5.13. The van der Waals surface area contributed by atoms with Crippen molar-refractivity contribution in [3.8, 4) is 0 Å². The Bertz CT molecular complexity index is 666. The number of nitrogens with one attached hydrogen (secondary N) is 1. The molecule has 3 rings (SSSR count). The van der Waals surface area contributed by atoms with Crippen LogP contribution in [0.2, 0.25) is 0 Å². The third-order valence-corrected chi connectivity index (χ3v) is 2.77. The van der Waals surface area contributed by atoms with E-state index in [4.69, 9.17) is 16.6 Å². The molecule has 0 aliphatic heterocycles. The van der Waals surface area contributed by atoms with E-state index in [1.165, 1.54) is 0 Å². The molecule has 1 N–H and O–H groups in total. The van der Waals surface area contributed by atoms with Crippen molar-refractivity contribution in [1.82, 2.24) is 14.5 Å². The number of pyridine rings is 1. The van der Waals surface area contributed by atoms with Gasteiger partial charge in [-0.3, -0.25) is 4.57 Å². The fourth-order valence-corrected chi connectivity index (χ4v) is 1.96. The molecule has 80 valence electrons. The number of H-pyrrole nitrogens is 1. The lowest BCUT2D eigenvalue weighted by molar-refractivity contribution is 0.562. The molecule has 3 aromatic heterocycles. The number of aromatic nitrogens is 3. The summed E-state index contributed by atoms with van der Waals surface area (Å²) in [4.78, 5) is 7.44. The van der Waals surface area contributed by atoms with Crippen LogP contribution in [-0.2, 0) is 6.54 Å². The third kappa shape index (κ3) is 1.45. The number of aromatic amines is 1. The maximum absolute atomic E-state index is 5.26. The number of rotatable bonds is 2. The average molecular weight is 231 g/mol. The van der Waals surface area contributed by atoms with Crippen LogP contribution < -0.4 is 0 Å². The molecule has 0 atom stereocenters. The fraction of sp³-hybridized carbons (Fsp3) is 0.0909. The molecule has 0 amide bonds. The highest BCUT2D eigenvalue weighted by Gasteiger charge is 2.05. The lowest BCUT2D eigenvalue weighted by Gasteiger charge is -2.00. The Morgan fingerprint density at radius 2 is 2.38 bits per heavy atom. The average Bonchev–Trinajstić information content (AvgIpc) is 2.89. The van der Waals surface area contributed by atoms with Crippen LogP contribution in [0.4, 0.5) is 0 Å². The van der Waals surface area contributed by atoms with Crippen LogP contribution in [-0.4, -0.2) is 14.5 Å². The second kappa shape index (κ2) is 3.61. The van der Waals surface area contributed by atoms with Gasteiger partial charge in [0.25, 0.3) is 0 Å². The highest BCUT2D eigenvalue weighted by molar-refractivity contribution is 7.71. The molecule has 0 bridgehead atoms. The Morgan fingerprint density at radius 1 is 1.44 bits per heavy atom. The summed E-state index contributed by atoms with van der Waals surface area (Å²) in [5.74, 6) is 0. The summed E-state index contributed by atoms with van der Waals surface area (Å²) in [5.41, 5.74) is 2.90. The van der Waals surface area contributed by atoms with Crippen LogP contribution in [0, 0.1) is 4.77 Å². The standard InChI is InChI=1S/C11H9N3OS/c16-11-13-9-2-1-4-12-10(9)14(11)6-8-3-5-15-7-8/h1-5,7H,6H2,(H,13,16). The first-order chi connectivity index (χ1) is 7.84. The van der Waals surface area contributed by atoms with Crippen molar-refractivity contribution in [2.75, 3.05) is 0 Å². The van der Waals surface area contributed by atoms with Crippen LogP contribution in [0.15, 0.2) is 41.3 Å². The van der Waals surface area contributed by atoms with Crippen LogP contribution in [0.1, 0.15) is 5.56 Å². The molecule has 0 aromatic carbocycles. The Morgan fingerprint density at radius 3 is 3.19 bits per heavy atom. The molecule has 0 radical (unpaired) electrons. The topological polar surface area (TPSA) is 46.8 Å². The second-order valence-corrected chi connectivity index (χ2v) is 3.91. The van der Waals surface area contributed by atoms with Gasteiger partial charge in [0, 0.05) is 11.8 Å². The normalized spacial score (nSPS) is 11.0. The maximum atomic E-state index is 5.26. The highest BCUT2D eigenvalue weighted by atomic mass is 32.1. The van der Waals surface area contributed by atoms with Gasteiger partial charge in [0.15, 0.2) is 10.4 Å².